The molecule has 9 rings (SSSR count). The maximum absolute atomic E-state index is 12.0. The smallest absolute Gasteiger partial charge is 1.00 e. The number of carbonyl (C=O) groups excluding carboxylic acids is 4. The Kier molecular flexibility index (Phi) is 31.4. The molecule has 0 aliphatic carbocycles. The third-order valence-corrected chi connectivity index (χ3v) is 11.9. The van der Waals surface area contributed by atoms with Crippen LogP contribution in [0.25, 0.3) is 33.8 Å². The normalized spacial score (nSPS) is 15.1. The number of carbonyl (C=O) groups is 4. The third kappa shape index (κ3) is 20.9. The molecule has 76 heavy (non-hydrogen) atoms. The molecule has 6 heterocycles. The number of ether oxygens (including phenoxy) is 9. The van der Waals surface area contributed by atoms with Crippen LogP contribution in [0.4, 0.5) is 0 Å². The van der Waals surface area contributed by atoms with Gasteiger partial charge in [-0.3, -0.25) is 19.3 Å². The van der Waals surface area contributed by atoms with Crippen molar-refractivity contribution in [3.05, 3.63) is 126 Å². The number of nitrogens with zero attached hydrogens (tertiary/aromatic N) is 5. The van der Waals surface area contributed by atoms with Crippen molar-refractivity contribution >= 4 is 40.3 Å². The van der Waals surface area contributed by atoms with E-state index < -0.39 is 23.5 Å². The van der Waals surface area contributed by atoms with E-state index in [1.54, 1.807) is 21.8 Å². The Hall–Kier alpha value is -2.53. The third-order valence-electron chi connectivity index (χ3n) is 11.5. The number of methoxy groups -OCH3 is 3. The fraction of sp³-hybridized carbons (Fsp3) is 0.404. The summed E-state index contributed by atoms with van der Waals surface area (Å²) in [4.78, 5) is 46.7. The molecular weight excluding hydrogens is 1290 g/mol. The number of aryl methyl sites for hydroxylation is 2. The summed E-state index contributed by atoms with van der Waals surface area (Å²) >= 11 is 3.33. The number of aromatic amines is 1. The van der Waals surface area contributed by atoms with Crippen LogP contribution < -0.4 is 143 Å². The zero-order valence-corrected chi connectivity index (χ0v) is 58.3. The summed E-state index contributed by atoms with van der Waals surface area (Å²) in [7, 11) is 4.09. The van der Waals surface area contributed by atoms with Gasteiger partial charge in [0.25, 0.3) is 6.47 Å². The minimum atomic E-state index is -0.592. The first-order chi connectivity index (χ1) is 35.7. The SMILES string of the molecule is CC1(CCBr)OCCO1.COC(=O)c1cn(CCC2(C)OCCO2)nc1-c1ccccc1.COC(=O)c1cn[nH]c1-c1ccccc1.COC(=O)c1cnn(CCC2(C)OCCO2)c1-c1ccccc1.O=CO[O-].[Cs+].[Cs+].[H-]. The maximum atomic E-state index is 12.0. The molecule has 0 radical (unpaired) electrons. The molecule has 0 saturated carbocycles. The van der Waals surface area contributed by atoms with Gasteiger partial charge in [-0.1, -0.05) is 107 Å². The van der Waals surface area contributed by atoms with E-state index in [-0.39, 0.29) is 157 Å². The average Bonchev–Trinajstić information content (AvgIpc) is 4.32. The van der Waals surface area contributed by atoms with Crippen LogP contribution >= 0.6 is 15.9 Å². The molecule has 3 aliphatic rings. The van der Waals surface area contributed by atoms with Crippen molar-refractivity contribution in [1.82, 2.24) is 29.8 Å². The van der Waals surface area contributed by atoms with Crippen LogP contribution in [0.2, 0.25) is 0 Å². The molecule has 3 aromatic heterocycles. The van der Waals surface area contributed by atoms with Gasteiger partial charge in [-0.2, -0.15) is 15.3 Å². The van der Waals surface area contributed by atoms with Crippen LogP contribution in [0.3, 0.4) is 0 Å². The van der Waals surface area contributed by atoms with Crippen molar-refractivity contribution in [3.63, 3.8) is 0 Å². The molecule has 0 spiro atoms. The summed E-state index contributed by atoms with van der Waals surface area (Å²) in [5, 5.41) is 24.9. The maximum Gasteiger partial charge on any atom is 1.00 e. The minimum Gasteiger partial charge on any atom is -1.00 e. The Morgan fingerprint density at radius 3 is 1.53 bits per heavy atom. The first kappa shape index (κ1) is 67.7. The first-order valence-corrected chi connectivity index (χ1v) is 24.6. The molecule has 0 atom stereocenters. The molecule has 0 bridgehead atoms. The van der Waals surface area contributed by atoms with Gasteiger partial charge < -0.3 is 54.2 Å². The summed E-state index contributed by atoms with van der Waals surface area (Å²) < 4.78 is 51.0. The molecule has 400 valence electrons. The van der Waals surface area contributed by atoms with Gasteiger partial charge in [-0.15, -0.1) is 0 Å². The zero-order chi connectivity index (χ0) is 53.4. The fourth-order valence-corrected chi connectivity index (χ4v) is 8.32. The number of aromatic nitrogens is 6. The molecule has 1 N–H and O–H groups in total. The van der Waals surface area contributed by atoms with E-state index in [2.05, 4.69) is 45.9 Å². The number of hydrogen-bond acceptors (Lipinski definition) is 18. The second kappa shape index (κ2) is 35.3. The predicted octanol–water partition coefficient (Wildman–Crippen LogP) is 0.933. The quantitative estimate of drug-likeness (QED) is 0.0375. The molecule has 3 fully saturated rings. The molecule has 3 aromatic carbocycles. The molecule has 6 aromatic rings. The van der Waals surface area contributed by atoms with E-state index in [9.17, 15) is 14.4 Å². The standard InChI is InChI=1S/2C17H20N2O4.C11H10N2O2.C6H11BrO2.CH2O3.2Cs.H/c1-17(22-10-11-23-17)8-9-19-12-14(16(20)21-2)15(18-19)13-6-4-3-5-7-13;1-17(22-10-11-23-17)8-9-19-15(13-6-4-3-5-7-13)14(12-18-19)16(20)21-2;1-15-11(14)9-7-12-13-10(9)8-5-3-2-4-6-8;1-6(2-3-7)8-4-5-9-6;2-1-4-3;;;/h2*3-7,12H,8-11H2,1-2H3;2-7H,1H3,(H,12,13);2-5H2,1H3;1,3H;;;/q;;;;;2*+1;-1/p-1. The van der Waals surface area contributed by atoms with Gasteiger partial charge in [0.05, 0.1) is 84.8 Å². The molecule has 0 unspecified atom stereocenters. The summed E-state index contributed by atoms with van der Waals surface area (Å²) in [5.41, 5.74) is 6.13. The number of alkyl halides is 1. The number of esters is 3. The second-order valence-corrected chi connectivity index (χ2v) is 17.4. The summed E-state index contributed by atoms with van der Waals surface area (Å²) in [5.74, 6) is -2.65. The van der Waals surface area contributed by atoms with E-state index in [1.807, 2.05) is 112 Å². The Bertz CT molecular complexity index is 2630. The van der Waals surface area contributed by atoms with Crippen molar-refractivity contribution in [2.45, 2.75) is 70.5 Å². The Morgan fingerprint density at radius 1 is 0.645 bits per heavy atom. The van der Waals surface area contributed by atoms with Crippen LogP contribution in [0.5, 0.6) is 0 Å². The van der Waals surface area contributed by atoms with Gasteiger partial charge in [-0.05, 0) is 20.8 Å². The predicted molar refractivity (Wildman–Crippen MR) is 270 cm³/mol. The Labute approximate surface area is 569 Å². The Morgan fingerprint density at radius 2 is 1.07 bits per heavy atom. The number of H-pyrrole nitrogens is 1. The van der Waals surface area contributed by atoms with Crippen molar-refractivity contribution in [2.75, 3.05) is 66.3 Å². The molecule has 24 heteroatoms. The number of hydrogen-bond donors (Lipinski definition) is 1. The monoisotopic (exact) mass is 1360 g/mol. The number of nitrogens with one attached hydrogen (secondary N) is 1. The van der Waals surface area contributed by atoms with Crippen molar-refractivity contribution < 1.29 is 211 Å². The van der Waals surface area contributed by atoms with E-state index >= 15 is 0 Å². The van der Waals surface area contributed by atoms with Gasteiger partial charge in [0.2, 0.25) is 0 Å². The molecule has 3 aliphatic heterocycles. The van der Waals surface area contributed by atoms with Crippen LogP contribution in [-0.4, -0.2) is 138 Å². The van der Waals surface area contributed by atoms with E-state index in [0.717, 1.165) is 47.3 Å². The second-order valence-electron chi connectivity index (χ2n) is 16.6. The van der Waals surface area contributed by atoms with Crippen molar-refractivity contribution in [2.24, 2.45) is 0 Å². The molecule has 21 nitrogen and oxygen atoms in total. The van der Waals surface area contributed by atoms with Crippen LogP contribution in [0, 0.1) is 0 Å². The van der Waals surface area contributed by atoms with E-state index in [4.69, 9.17) is 47.9 Å². The van der Waals surface area contributed by atoms with Gasteiger partial charge in [0.15, 0.2) is 17.4 Å². The topological polar surface area (TPSA) is 248 Å². The van der Waals surface area contributed by atoms with Crippen molar-refractivity contribution in [1.29, 1.82) is 0 Å². The van der Waals surface area contributed by atoms with Gasteiger partial charge in [-0.25, -0.2) is 14.4 Å². The number of halogens is 1. The van der Waals surface area contributed by atoms with E-state index in [1.165, 1.54) is 27.5 Å². The van der Waals surface area contributed by atoms with Crippen LogP contribution in [-0.2, 0) is 65.4 Å². The largest absolute Gasteiger partial charge is 1.00 e. The Balaban J connectivity index is 0.000000353. The first-order valence-electron chi connectivity index (χ1n) is 23.4. The zero-order valence-electron chi connectivity index (χ0n) is 45.2. The summed E-state index contributed by atoms with van der Waals surface area (Å²) in [6, 6.07) is 28.8. The summed E-state index contributed by atoms with van der Waals surface area (Å²) in [6.07, 6.45) is 6.96. The van der Waals surface area contributed by atoms with Gasteiger partial charge in [0.1, 0.15) is 22.4 Å². The average molecular weight is 1360 g/mol. The van der Waals surface area contributed by atoms with Gasteiger partial charge >= 0.3 is 156 Å². The number of benzene rings is 3. The fourth-order valence-electron chi connectivity index (χ4n) is 7.60. The van der Waals surface area contributed by atoms with Crippen LogP contribution in [0.15, 0.2) is 110 Å². The minimum absolute atomic E-state index is 0. The van der Waals surface area contributed by atoms with Crippen molar-refractivity contribution in [3.8, 4) is 33.8 Å². The molecular formula is C52H63BrCs2N6O15. The van der Waals surface area contributed by atoms with E-state index in [0.29, 0.717) is 80.4 Å². The molecule has 0 amide bonds. The van der Waals surface area contributed by atoms with Crippen LogP contribution in [0.1, 0.15) is 72.5 Å². The summed E-state index contributed by atoms with van der Waals surface area (Å²) in [6.45, 7) is 10.7. The van der Waals surface area contributed by atoms with Gasteiger partial charge in [0, 0.05) is 60.6 Å². The number of rotatable bonds is 15. The molecule has 3 saturated heterocycles.